The molecular weight excluding hydrogens is 258 g/mol. The summed E-state index contributed by atoms with van der Waals surface area (Å²) in [7, 11) is 2.13. The van der Waals surface area contributed by atoms with E-state index in [0.717, 1.165) is 24.0 Å². The van der Waals surface area contributed by atoms with E-state index in [-0.39, 0.29) is 0 Å². The molecule has 1 aromatic heterocycles. The van der Waals surface area contributed by atoms with E-state index in [1.807, 2.05) is 6.07 Å². The van der Waals surface area contributed by atoms with Crippen molar-refractivity contribution in [2.75, 3.05) is 11.9 Å². The van der Waals surface area contributed by atoms with Crippen molar-refractivity contribution < 1.29 is 0 Å². The molecule has 0 amide bonds. The molecule has 1 fully saturated rings. The fourth-order valence-corrected chi connectivity index (χ4v) is 3.11. The highest BCUT2D eigenvalue weighted by molar-refractivity contribution is 6.29. The van der Waals surface area contributed by atoms with Gasteiger partial charge in [0.05, 0.1) is 0 Å². The van der Waals surface area contributed by atoms with Crippen LogP contribution in [-0.4, -0.2) is 23.1 Å². The SMILES string of the molecule is CCc1nc(Cl)cc(N(C)C2CCC(CC)CC2)n1. The van der Waals surface area contributed by atoms with Crippen LogP contribution in [0.15, 0.2) is 6.07 Å². The Morgan fingerprint density at radius 3 is 2.47 bits per heavy atom. The zero-order valence-electron chi connectivity index (χ0n) is 12.2. The summed E-state index contributed by atoms with van der Waals surface area (Å²) in [6.07, 6.45) is 7.34. The number of aryl methyl sites for hydroxylation is 1. The van der Waals surface area contributed by atoms with E-state index in [0.29, 0.717) is 11.2 Å². The summed E-state index contributed by atoms with van der Waals surface area (Å²) >= 11 is 6.08. The molecule has 0 saturated heterocycles. The van der Waals surface area contributed by atoms with Crippen LogP contribution in [0.25, 0.3) is 0 Å². The molecule has 0 aromatic carbocycles. The maximum Gasteiger partial charge on any atom is 0.134 e. The lowest BCUT2D eigenvalue weighted by atomic mass is 9.84. The van der Waals surface area contributed by atoms with Crippen molar-refractivity contribution in [1.82, 2.24) is 9.97 Å². The molecule has 0 unspecified atom stereocenters. The fourth-order valence-electron chi connectivity index (χ4n) is 2.92. The lowest BCUT2D eigenvalue weighted by molar-refractivity contribution is 0.313. The summed E-state index contributed by atoms with van der Waals surface area (Å²) in [6.45, 7) is 4.36. The van der Waals surface area contributed by atoms with Gasteiger partial charge in [-0.1, -0.05) is 31.9 Å². The molecule has 0 aliphatic heterocycles. The Kier molecular flexibility index (Phi) is 5.03. The number of aromatic nitrogens is 2. The number of nitrogens with zero attached hydrogens (tertiary/aromatic N) is 3. The summed E-state index contributed by atoms with van der Waals surface area (Å²) in [5.74, 6) is 2.72. The Bertz CT molecular complexity index is 414. The first-order valence-corrected chi connectivity index (χ1v) is 7.78. The molecule has 0 atom stereocenters. The van der Waals surface area contributed by atoms with Gasteiger partial charge in [0.25, 0.3) is 0 Å². The summed E-state index contributed by atoms with van der Waals surface area (Å²) in [5, 5.41) is 0.552. The van der Waals surface area contributed by atoms with Gasteiger partial charge in [-0.15, -0.1) is 0 Å². The first kappa shape index (κ1) is 14.6. The van der Waals surface area contributed by atoms with Crippen LogP contribution >= 0.6 is 11.6 Å². The van der Waals surface area contributed by atoms with Crippen molar-refractivity contribution >= 4 is 17.4 Å². The molecule has 1 saturated carbocycles. The molecule has 2 rings (SSSR count). The van der Waals surface area contributed by atoms with Crippen molar-refractivity contribution in [2.24, 2.45) is 5.92 Å². The minimum Gasteiger partial charge on any atom is -0.357 e. The Morgan fingerprint density at radius 1 is 1.21 bits per heavy atom. The topological polar surface area (TPSA) is 29.0 Å². The van der Waals surface area contributed by atoms with E-state index in [1.54, 1.807) is 0 Å². The van der Waals surface area contributed by atoms with Crippen LogP contribution in [-0.2, 0) is 6.42 Å². The maximum absolute atomic E-state index is 6.08. The highest BCUT2D eigenvalue weighted by atomic mass is 35.5. The number of halogens is 1. The highest BCUT2D eigenvalue weighted by Crippen LogP contribution is 2.31. The molecule has 3 nitrogen and oxygen atoms in total. The van der Waals surface area contributed by atoms with Crippen molar-refractivity contribution in [2.45, 2.75) is 58.4 Å². The van der Waals surface area contributed by atoms with Crippen LogP contribution in [0.1, 0.15) is 51.8 Å². The Hall–Kier alpha value is -0.830. The van der Waals surface area contributed by atoms with Gasteiger partial charge < -0.3 is 4.90 Å². The third-order valence-corrected chi connectivity index (χ3v) is 4.54. The summed E-state index contributed by atoms with van der Waals surface area (Å²) in [5.41, 5.74) is 0. The fraction of sp³-hybridized carbons (Fsp3) is 0.733. The Labute approximate surface area is 121 Å². The van der Waals surface area contributed by atoms with Gasteiger partial charge >= 0.3 is 0 Å². The molecule has 0 N–H and O–H groups in total. The first-order valence-electron chi connectivity index (χ1n) is 7.40. The second kappa shape index (κ2) is 6.56. The third-order valence-electron chi connectivity index (χ3n) is 4.35. The van der Waals surface area contributed by atoms with Crippen molar-refractivity contribution in [3.05, 3.63) is 17.0 Å². The molecule has 0 radical (unpaired) electrons. The van der Waals surface area contributed by atoms with Crippen molar-refractivity contribution in [1.29, 1.82) is 0 Å². The zero-order chi connectivity index (χ0) is 13.8. The van der Waals surface area contributed by atoms with E-state index in [4.69, 9.17) is 11.6 Å². The molecule has 1 aliphatic rings. The van der Waals surface area contributed by atoms with Crippen LogP contribution in [0, 0.1) is 5.92 Å². The normalized spacial score (nSPS) is 23.4. The van der Waals surface area contributed by atoms with Gasteiger partial charge in [0.1, 0.15) is 16.8 Å². The predicted octanol–water partition coefficient (Wildman–Crippen LogP) is 4.10. The lowest BCUT2D eigenvalue weighted by Gasteiger charge is -2.35. The molecule has 1 heterocycles. The van der Waals surface area contributed by atoms with E-state index in [1.165, 1.54) is 32.1 Å². The Morgan fingerprint density at radius 2 is 1.89 bits per heavy atom. The molecule has 19 heavy (non-hydrogen) atoms. The van der Waals surface area contributed by atoms with Gasteiger partial charge in [-0.3, -0.25) is 0 Å². The van der Waals surface area contributed by atoms with E-state index < -0.39 is 0 Å². The van der Waals surface area contributed by atoms with Crippen molar-refractivity contribution in [3.8, 4) is 0 Å². The molecule has 0 bridgehead atoms. The molecular formula is C15H24ClN3. The quantitative estimate of drug-likeness (QED) is 0.778. The second-order valence-corrected chi connectivity index (χ2v) is 5.90. The van der Waals surface area contributed by atoms with E-state index >= 15 is 0 Å². The minimum absolute atomic E-state index is 0.552. The van der Waals surface area contributed by atoms with Crippen LogP contribution < -0.4 is 4.90 Å². The van der Waals surface area contributed by atoms with Gasteiger partial charge in [0.15, 0.2) is 0 Å². The van der Waals surface area contributed by atoms with Crippen molar-refractivity contribution in [3.63, 3.8) is 0 Å². The number of hydrogen-bond donors (Lipinski definition) is 0. The molecule has 1 aliphatic carbocycles. The van der Waals surface area contributed by atoms with Gasteiger partial charge in [-0.25, -0.2) is 9.97 Å². The predicted molar refractivity (Wildman–Crippen MR) is 80.9 cm³/mol. The molecule has 4 heteroatoms. The standard InChI is InChI=1S/C15H24ClN3/c1-4-11-6-8-12(9-7-11)19(3)15-10-13(16)17-14(5-2)18-15/h10-12H,4-9H2,1-3H3. The monoisotopic (exact) mass is 281 g/mol. The largest absolute Gasteiger partial charge is 0.357 e. The number of hydrogen-bond acceptors (Lipinski definition) is 3. The van der Waals surface area contributed by atoms with E-state index in [2.05, 4.69) is 35.8 Å². The van der Waals surface area contributed by atoms with Crippen LogP contribution in [0.4, 0.5) is 5.82 Å². The Balaban J connectivity index is 2.07. The minimum atomic E-state index is 0.552. The van der Waals surface area contributed by atoms with Gasteiger partial charge in [0.2, 0.25) is 0 Å². The zero-order valence-corrected chi connectivity index (χ0v) is 13.0. The summed E-state index contributed by atoms with van der Waals surface area (Å²) < 4.78 is 0. The van der Waals surface area contributed by atoms with Crippen LogP contribution in [0.5, 0.6) is 0 Å². The second-order valence-electron chi connectivity index (χ2n) is 5.51. The lowest BCUT2D eigenvalue weighted by Crippen LogP contribution is -2.35. The van der Waals surface area contributed by atoms with E-state index in [9.17, 15) is 0 Å². The average molecular weight is 282 g/mol. The third kappa shape index (κ3) is 3.59. The molecule has 0 spiro atoms. The number of anilines is 1. The number of rotatable bonds is 4. The van der Waals surface area contributed by atoms with Crippen LogP contribution in [0.3, 0.4) is 0 Å². The maximum atomic E-state index is 6.08. The van der Waals surface area contributed by atoms with Gasteiger partial charge in [0, 0.05) is 25.6 Å². The molecule has 1 aromatic rings. The van der Waals surface area contributed by atoms with Gasteiger partial charge in [-0.2, -0.15) is 0 Å². The molecule has 106 valence electrons. The summed E-state index contributed by atoms with van der Waals surface area (Å²) in [4.78, 5) is 11.1. The first-order chi connectivity index (χ1) is 9.13. The van der Waals surface area contributed by atoms with Gasteiger partial charge in [-0.05, 0) is 31.6 Å². The van der Waals surface area contributed by atoms with Crippen LogP contribution in [0.2, 0.25) is 5.15 Å². The average Bonchev–Trinajstić information content (AvgIpc) is 2.46. The smallest absolute Gasteiger partial charge is 0.134 e. The highest BCUT2D eigenvalue weighted by Gasteiger charge is 2.24. The summed E-state index contributed by atoms with van der Waals surface area (Å²) in [6, 6.07) is 2.48.